The Bertz CT molecular complexity index is 990. The quantitative estimate of drug-likeness (QED) is 0.638. The average Bonchev–Trinajstić information content (AvgIpc) is 2.70. The standard InChI is InChI=1S/C19H23FN4O4S/c1-4-24(5-2)29(27,28)15-10-11-17(20)16(12-15)18(25)22-13-6-8-14(9-7-13)23-19(26)21-3/h6-12H,4-5H2,1-3H3,(H,22,25)(H2,21,23,26). The summed E-state index contributed by atoms with van der Waals surface area (Å²) in [6.45, 7) is 3.91. The van der Waals surface area contributed by atoms with Gasteiger partial charge in [0.2, 0.25) is 10.0 Å². The summed E-state index contributed by atoms with van der Waals surface area (Å²) in [6.07, 6.45) is 0. The number of nitrogens with zero attached hydrogens (tertiary/aromatic N) is 1. The van der Waals surface area contributed by atoms with E-state index in [2.05, 4.69) is 16.0 Å². The predicted octanol–water partition coefficient (Wildman–Crippen LogP) is 2.86. The zero-order valence-corrected chi connectivity index (χ0v) is 17.1. The Morgan fingerprint density at radius 3 is 2.03 bits per heavy atom. The van der Waals surface area contributed by atoms with Gasteiger partial charge in [0, 0.05) is 31.5 Å². The molecule has 156 valence electrons. The third-order valence-electron chi connectivity index (χ3n) is 4.15. The van der Waals surface area contributed by atoms with Crippen molar-refractivity contribution in [2.75, 3.05) is 30.8 Å². The van der Waals surface area contributed by atoms with Crippen molar-refractivity contribution in [2.24, 2.45) is 0 Å². The number of halogens is 1. The monoisotopic (exact) mass is 422 g/mol. The van der Waals surface area contributed by atoms with Gasteiger partial charge in [0.25, 0.3) is 5.91 Å². The Kier molecular flexibility index (Phi) is 7.29. The molecule has 0 aliphatic carbocycles. The van der Waals surface area contributed by atoms with Crippen molar-refractivity contribution in [3.05, 3.63) is 53.8 Å². The van der Waals surface area contributed by atoms with Crippen LogP contribution in [-0.4, -0.2) is 44.8 Å². The van der Waals surface area contributed by atoms with E-state index in [-0.39, 0.29) is 23.5 Å². The lowest BCUT2D eigenvalue weighted by Gasteiger charge is -2.19. The molecule has 3 amide bonds. The Balaban J connectivity index is 2.24. The summed E-state index contributed by atoms with van der Waals surface area (Å²) in [7, 11) is -2.35. The molecule has 0 unspecified atom stereocenters. The van der Waals surface area contributed by atoms with Crippen LogP contribution in [0.3, 0.4) is 0 Å². The molecule has 0 aliphatic heterocycles. The number of anilines is 2. The number of carbonyl (C=O) groups is 2. The van der Waals surface area contributed by atoms with Gasteiger partial charge in [0.15, 0.2) is 0 Å². The molecule has 0 radical (unpaired) electrons. The second kappa shape index (κ2) is 9.48. The first-order chi connectivity index (χ1) is 13.7. The highest BCUT2D eigenvalue weighted by molar-refractivity contribution is 7.89. The van der Waals surface area contributed by atoms with Gasteiger partial charge < -0.3 is 16.0 Å². The van der Waals surface area contributed by atoms with Gasteiger partial charge >= 0.3 is 6.03 Å². The first-order valence-electron chi connectivity index (χ1n) is 8.92. The summed E-state index contributed by atoms with van der Waals surface area (Å²) in [6, 6.07) is 8.90. The van der Waals surface area contributed by atoms with Crippen molar-refractivity contribution in [3.63, 3.8) is 0 Å². The summed E-state index contributed by atoms with van der Waals surface area (Å²) < 4.78 is 40.7. The van der Waals surface area contributed by atoms with Gasteiger partial charge in [-0.3, -0.25) is 4.79 Å². The zero-order valence-electron chi connectivity index (χ0n) is 16.3. The zero-order chi connectivity index (χ0) is 21.6. The smallest absolute Gasteiger partial charge is 0.318 e. The van der Waals surface area contributed by atoms with Gasteiger partial charge in [-0.1, -0.05) is 13.8 Å². The second-order valence-electron chi connectivity index (χ2n) is 5.97. The van der Waals surface area contributed by atoms with E-state index in [0.717, 1.165) is 18.2 Å². The molecular formula is C19H23FN4O4S. The minimum Gasteiger partial charge on any atom is -0.341 e. The Morgan fingerprint density at radius 1 is 0.966 bits per heavy atom. The van der Waals surface area contributed by atoms with Gasteiger partial charge in [-0.15, -0.1) is 0 Å². The van der Waals surface area contributed by atoms with Crippen LogP contribution >= 0.6 is 0 Å². The highest BCUT2D eigenvalue weighted by atomic mass is 32.2. The molecule has 0 fully saturated rings. The van der Waals surface area contributed by atoms with Gasteiger partial charge in [0.1, 0.15) is 5.82 Å². The lowest BCUT2D eigenvalue weighted by molar-refractivity contribution is 0.102. The minimum atomic E-state index is -3.83. The van der Waals surface area contributed by atoms with Crippen molar-refractivity contribution in [2.45, 2.75) is 18.7 Å². The largest absolute Gasteiger partial charge is 0.341 e. The molecule has 10 heteroatoms. The Morgan fingerprint density at radius 2 is 1.52 bits per heavy atom. The number of amides is 3. The average molecular weight is 422 g/mol. The molecule has 8 nitrogen and oxygen atoms in total. The molecule has 0 saturated carbocycles. The Hall–Kier alpha value is -2.98. The predicted molar refractivity (Wildman–Crippen MR) is 109 cm³/mol. The fourth-order valence-corrected chi connectivity index (χ4v) is 4.07. The highest BCUT2D eigenvalue weighted by Gasteiger charge is 2.24. The van der Waals surface area contributed by atoms with Crippen molar-refractivity contribution in [3.8, 4) is 0 Å². The molecule has 0 aromatic heterocycles. The molecule has 2 aromatic carbocycles. The lowest BCUT2D eigenvalue weighted by atomic mass is 10.2. The molecule has 29 heavy (non-hydrogen) atoms. The summed E-state index contributed by atoms with van der Waals surface area (Å²) in [5, 5.41) is 7.49. The molecule has 3 N–H and O–H groups in total. The number of hydrogen-bond donors (Lipinski definition) is 3. The van der Waals surface area contributed by atoms with Gasteiger partial charge in [0.05, 0.1) is 10.5 Å². The first-order valence-corrected chi connectivity index (χ1v) is 10.4. The number of sulfonamides is 1. The van der Waals surface area contributed by atoms with E-state index >= 15 is 0 Å². The molecule has 2 aromatic rings. The second-order valence-corrected chi connectivity index (χ2v) is 7.90. The van der Waals surface area contributed by atoms with Crippen molar-refractivity contribution in [1.82, 2.24) is 9.62 Å². The third kappa shape index (κ3) is 5.30. The number of benzene rings is 2. The van der Waals surface area contributed by atoms with Crippen LogP contribution in [0.5, 0.6) is 0 Å². The van der Waals surface area contributed by atoms with Crippen molar-refractivity contribution >= 4 is 33.3 Å². The lowest BCUT2D eigenvalue weighted by Crippen LogP contribution is -2.31. The van der Waals surface area contributed by atoms with E-state index in [9.17, 15) is 22.4 Å². The minimum absolute atomic E-state index is 0.155. The molecule has 0 aliphatic rings. The molecule has 2 rings (SSSR count). The van der Waals surface area contributed by atoms with Crippen LogP contribution in [0.25, 0.3) is 0 Å². The molecule has 0 saturated heterocycles. The highest BCUT2D eigenvalue weighted by Crippen LogP contribution is 2.21. The fourth-order valence-electron chi connectivity index (χ4n) is 2.58. The maximum absolute atomic E-state index is 14.2. The Labute approximate surface area is 169 Å². The molecular weight excluding hydrogens is 399 g/mol. The molecule has 0 bridgehead atoms. The summed E-state index contributed by atoms with van der Waals surface area (Å²) >= 11 is 0. The summed E-state index contributed by atoms with van der Waals surface area (Å²) in [5.41, 5.74) is 0.473. The topological polar surface area (TPSA) is 108 Å². The van der Waals surface area contributed by atoms with E-state index in [4.69, 9.17) is 0 Å². The van der Waals surface area contributed by atoms with Crippen LogP contribution < -0.4 is 16.0 Å². The molecule has 0 heterocycles. The maximum atomic E-state index is 14.2. The van der Waals surface area contributed by atoms with Crippen LogP contribution in [0.4, 0.5) is 20.6 Å². The maximum Gasteiger partial charge on any atom is 0.318 e. The molecule has 0 spiro atoms. The van der Waals surface area contributed by atoms with Crippen molar-refractivity contribution < 1.29 is 22.4 Å². The fraction of sp³-hybridized carbons (Fsp3) is 0.263. The SMILES string of the molecule is CCN(CC)S(=O)(=O)c1ccc(F)c(C(=O)Nc2ccc(NC(=O)NC)cc2)c1. The van der Waals surface area contributed by atoms with Crippen LogP contribution in [-0.2, 0) is 10.0 Å². The van der Waals surface area contributed by atoms with E-state index < -0.39 is 27.8 Å². The third-order valence-corrected chi connectivity index (χ3v) is 6.20. The number of carbonyl (C=O) groups excluding carboxylic acids is 2. The number of hydrogen-bond acceptors (Lipinski definition) is 4. The van der Waals surface area contributed by atoms with E-state index in [1.54, 1.807) is 26.0 Å². The van der Waals surface area contributed by atoms with Gasteiger partial charge in [-0.2, -0.15) is 4.31 Å². The van der Waals surface area contributed by atoms with E-state index in [0.29, 0.717) is 11.4 Å². The van der Waals surface area contributed by atoms with Crippen LogP contribution in [0.15, 0.2) is 47.4 Å². The van der Waals surface area contributed by atoms with Gasteiger partial charge in [-0.05, 0) is 42.5 Å². The van der Waals surface area contributed by atoms with Gasteiger partial charge in [-0.25, -0.2) is 17.6 Å². The number of urea groups is 1. The van der Waals surface area contributed by atoms with Crippen LogP contribution in [0.1, 0.15) is 24.2 Å². The molecule has 0 atom stereocenters. The van der Waals surface area contributed by atoms with Crippen LogP contribution in [0, 0.1) is 5.82 Å². The normalized spacial score (nSPS) is 11.2. The first kappa shape index (κ1) is 22.3. The summed E-state index contributed by atoms with van der Waals surface area (Å²) in [5.74, 6) is -1.62. The summed E-state index contributed by atoms with van der Waals surface area (Å²) in [4.78, 5) is 23.6. The number of rotatable bonds is 7. The van der Waals surface area contributed by atoms with Crippen LogP contribution in [0.2, 0.25) is 0 Å². The van der Waals surface area contributed by atoms with E-state index in [1.807, 2.05) is 0 Å². The van der Waals surface area contributed by atoms with Crippen molar-refractivity contribution in [1.29, 1.82) is 0 Å². The number of nitrogens with one attached hydrogen (secondary N) is 3. The van der Waals surface area contributed by atoms with E-state index in [1.165, 1.54) is 23.5 Å².